The van der Waals surface area contributed by atoms with Crippen molar-refractivity contribution in [1.82, 2.24) is 0 Å². The molecule has 1 rings (SSSR count). The van der Waals surface area contributed by atoms with Crippen LogP contribution in [0.25, 0.3) is 0 Å². The maximum absolute atomic E-state index is 9.18. The summed E-state index contributed by atoms with van der Waals surface area (Å²) < 4.78 is 0. The monoisotopic (exact) mass is 210 g/mol. The summed E-state index contributed by atoms with van der Waals surface area (Å²) in [5.41, 5.74) is 1.69. The molecule has 0 aromatic carbocycles. The molecule has 1 saturated carbocycles. The first-order valence-electron chi connectivity index (χ1n) is 6.27. The molecule has 1 fully saturated rings. The van der Waals surface area contributed by atoms with Crippen molar-refractivity contribution in [3.63, 3.8) is 0 Å². The van der Waals surface area contributed by atoms with Crippen molar-refractivity contribution in [2.75, 3.05) is 6.61 Å². The molecule has 0 spiro atoms. The minimum atomic E-state index is 0.238. The highest BCUT2D eigenvalue weighted by Crippen LogP contribution is 2.42. The predicted molar refractivity (Wildman–Crippen MR) is 65.7 cm³/mol. The van der Waals surface area contributed by atoms with E-state index in [0.29, 0.717) is 11.3 Å². The second-order valence-electron chi connectivity index (χ2n) is 6.01. The average Bonchev–Trinajstić information content (AvgIpc) is 2.10. The molecule has 0 bridgehead atoms. The normalized spacial score (nSPS) is 31.7. The van der Waals surface area contributed by atoms with Crippen LogP contribution in [0.1, 0.15) is 53.4 Å². The van der Waals surface area contributed by atoms with Crippen molar-refractivity contribution in [2.24, 2.45) is 17.3 Å². The molecule has 1 aliphatic carbocycles. The molecule has 0 aromatic heterocycles. The molecule has 1 nitrogen and oxygen atoms in total. The van der Waals surface area contributed by atoms with Crippen LogP contribution in [0, 0.1) is 17.3 Å². The van der Waals surface area contributed by atoms with Crippen molar-refractivity contribution in [3.8, 4) is 0 Å². The first-order chi connectivity index (χ1) is 6.96. The van der Waals surface area contributed by atoms with E-state index in [4.69, 9.17) is 0 Å². The van der Waals surface area contributed by atoms with Gasteiger partial charge in [-0.15, -0.1) is 0 Å². The maximum atomic E-state index is 9.18. The zero-order chi connectivity index (χ0) is 11.5. The van der Waals surface area contributed by atoms with Gasteiger partial charge < -0.3 is 5.11 Å². The van der Waals surface area contributed by atoms with E-state index < -0.39 is 0 Å². The van der Waals surface area contributed by atoms with Crippen molar-refractivity contribution in [3.05, 3.63) is 11.6 Å². The highest BCUT2D eigenvalue weighted by atomic mass is 16.3. The second-order valence-corrected chi connectivity index (χ2v) is 6.01. The van der Waals surface area contributed by atoms with Crippen LogP contribution < -0.4 is 0 Å². The molecule has 2 atom stereocenters. The summed E-state index contributed by atoms with van der Waals surface area (Å²) in [4.78, 5) is 0. The Kier molecular flexibility index (Phi) is 4.39. The fourth-order valence-electron chi connectivity index (χ4n) is 3.16. The summed E-state index contributed by atoms with van der Waals surface area (Å²) in [5.74, 6) is 1.51. The first kappa shape index (κ1) is 12.8. The third-order valence-corrected chi connectivity index (χ3v) is 3.55. The van der Waals surface area contributed by atoms with Crippen molar-refractivity contribution < 1.29 is 5.11 Å². The molecule has 2 unspecified atom stereocenters. The fraction of sp³-hybridized carbons (Fsp3) is 0.857. The molecule has 1 aliphatic rings. The lowest BCUT2D eigenvalue weighted by atomic mass is 9.68. The highest BCUT2D eigenvalue weighted by molar-refractivity contribution is 5.06. The Morgan fingerprint density at radius 3 is 2.53 bits per heavy atom. The van der Waals surface area contributed by atoms with E-state index in [0.717, 1.165) is 12.3 Å². The molecule has 1 heteroatoms. The topological polar surface area (TPSA) is 20.2 Å². The third kappa shape index (κ3) is 3.98. The minimum Gasteiger partial charge on any atom is -0.392 e. The van der Waals surface area contributed by atoms with Gasteiger partial charge in [-0.3, -0.25) is 0 Å². The Labute approximate surface area is 94.6 Å². The van der Waals surface area contributed by atoms with Gasteiger partial charge in [0.25, 0.3) is 0 Å². The number of aliphatic hydroxyl groups excluding tert-OH is 1. The summed E-state index contributed by atoms with van der Waals surface area (Å²) in [6, 6.07) is 0. The van der Waals surface area contributed by atoms with E-state index >= 15 is 0 Å². The van der Waals surface area contributed by atoms with Crippen LogP contribution >= 0.6 is 0 Å². The Bertz CT molecular complexity index is 221. The van der Waals surface area contributed by atoms with Gasteiger partial charge in [0.05, 0.1) is 6.61 Å². The summed E-state index contributed by atoms with van der Waals surface area (Å²) in [5, 5.41) is 9.18. The zero-order valence-corrected chi connectivity index (χ0v) is 10.7. The van der Waals surface area contributed by atoms with Crippen molar-refractivity contribution in [1.29, 1.82) is 0 Å². The Morgan fingerprint density at radius 2 is 2.07 bits per heavy atom. The van der Waals surface area contributed by atoms with E-state index in [2.05, 4.69) is 33.8 Å². The van der Waals surface area contributed by atoms with Crippen molar-refractivity contribution in [2.45, 2.75) is 53.4 Å². The standard InChI is InChI=1S/C14H26O/c1-5-12(10-15)7-13-6-11(2)8-14(3,4)9-13/h7,11,13,15H,5-6,8-10H2,1-4H3. The molecular weight excluding hydrogens is 184 g/mol. The third-order valence-electron chi connectivity index (χ3n) is 3.55. The van der Waals surface area contributed by atoms with Gasteiger partial charge in [0.1, 0.15) is 0 Å². The average molecular weight is 210 g/mol. The molecule has 0 radical (unpaired) electrons. The molecule has 0 amide bonds. The van der Waals surface area contributed by atoms with Crippen LogP contribution in [0.3, 0.4) is 0 Å². The summed E-state index contributed by atoms with van der Waals surface area (Å²) in [7, 11) is 0. The molecule has 0 aliphatic heterocycles. The minimum absolute atomic E-state index is 0.238. The van der Waals surface area contributed by atoms with Crippen LogP contribution in [0.5, 0.6) is 0 Å². The Morgan fingerprint density at radius 1 is 1.40 bits per heavy atom. The molecule has 1 N–H and O–H groups in total. The van der Waals surface area contributed by atoms with Gasteiger partial charge in [0.15, 0.2) is 0 Å². The lowest BCUT2D eigenvalue weighted by Crippen LogP contribution is -2.26. The quantitative estimate of drug-likeness (QED) is 0.703. The van der Waals surface area contributed by atoms with Crippen LogP contribution in [-0.2, 0) is 0 Å². The second kappa shape index (κ2) is 5.16. The number of hydrogen-bond donors (Lipinski definition) is 1. The SMILES string of the molecule is CCC(=CC1CC(C)CC(C)(C)C1)CO. The van der Waals surface area contributed by atoms with E-state index in [1.165, 1.54) is 24.8 Å². The zero-order valence-electron chi connectivity index (χ0n) is 10.7. The lowest BCUT2D eigenvalue weighted by Gasteiger charge is -2.38. The highest BCUT2D eigenvalue weighted by Gasteiger charge is 2.30. The van der Waals surface area contributed by atoms with Crippen LogP contribution in [0.15, 0.2) is 11.6 Å². The van der Waals surface area contributed by atoms with E-state index in [9.17, 15) is 5.11 Å². The number of aliphatic hydroxyl groups is 1. The molecule has 0 heterocycles. The molecule has 88 valence electrons. The molecular formula is C14H26O. The van der Waals surface area contributed by atoms with Gasteiger partial charge >= 0.3 is 0 Å². The van der Waals surface area contributed by atoms with Crippen molar-refractivity contribution >= 4 is 0 Å². The van der Waals surface area contributed by atoms with Gasteiger partial charge in [-0.1, -0.05) is 33.8 Å². The van der Waals surface area contributed by atoms with Gasteiger partial charge in [0, 0.05) is 0 Å². The van der Waals surface area contributed by atoms with Gasteiger partial charge in [-0.2, -0.15) is 0 Å². The Balaban J connectivity index is 2.66. The largest absolute Gasteiger partial charge is 0.392 e. The predicted octanol–water partition coefficient (Wildman–Crippen LogP) is 3.78. The molecule has 0 aromatic rings. The lowest BCUT2D eigenvalue weighted by molar-refractivity contribution is 0.155. The van der Waals surface area contributed by atoms with Crippen LogP contribution in [-0.4, -0.2) is 11.7 Å². The smallest absolute Gasteiger partial charge is 0.0641 e. The van der Waals surface area contributed by atoms with E-state index in [1.807, 2.05) is 0 Å². The number of rotatable bonds is 3. The number of hydrogen-bond acceptors (Lipinski definition) is 1. The molecule has 0 saturated heterocycles. The van der Waals surface area contributed by atoms with Crippen LogP contribution in [0.2, 0.25) is 0 Å². The van der Waals surface area contributed by atoms with Gasteiger partial charge in [0.2, 0.25) is 0 Å². The maximum Gasteiger partial charge on any atom is 0.0641 e. The molecule has 15 heavy (non-hydrogen) atoms. The van der Waals surface area contributed by atoms with E-state index in [1.54, 1.807) is 0 Å². The summed E-state index contributed by atoms with van der Waals surface area (Å²) in [6.07, 6.45) is 7.24. The number of allylic oxidation sites excluding steroid dienone is 1. The van der Waals surface area contributed by atoms with E-state index in [-0.39, 0.29) is 6.61 Å². The first-order valence-corrected chi connectivity index (χ1v) is 6.27. The van der Waals surface area contributed by atoms with Gasteiger partial charge in [-0.25, -0.2) is 0 Å². The fourth-order valence-corrected chi connectivity index (χ4v) is 3.16. The summed E-state index contributed by atoms with van der Waals surface area (Å²) >= 11 is 0. The van der Waals surface area contributed by atoms with Crippen LogP contribution in [0.4, 0.5) is 0 Å². The Hall–Kier alpha value is -0.300. The summed E-state index contributed by atoms with van der Waals surface area (Å²) in [6.45, 7) is 9.45. The van der Waals surface area contributed by atoms with Gasteiger partial charge in [-0.05, 0) is 48.5 Å².